The molecule has 160 valence electrons. The van der Waals surface area contributed by atoms with Crippen LogP contribution in [0.5, 0.6) is 0 Å². The topological polar surface area (TPSA) is 73.5 Å². The van der Waals surface area contributed by atoms with E-state index < -0.39 is 0 Å². The Bertz CT molecular complexity index is 1160. The van der Waals surface area contributed by atoms with Crippen LogP contribution in [0.1, 0.15) is 18.9 Å². The Hall–Kier alpha value is -3.10. The molecule has 0 spiro atoms. The first-order chi connectivity index (χ1) is 14.7. The minimum absolute atomic E-state index is 0. The number of halogens is 2. The van der Waals surface area contributed by atoms with Gasteiger partial charge in [-0.1, -0.05) is 0 Å². The Morgan fingerprint density at radius 2 is 1.52 bits per heavy atom. The van der Waals surface area contributed by atoms with Crippen LogP contribution < -0.4 is 5.32 Å². The zero-order valence-corrected chi connectivity index (χ0v) is 17.9. The summed E-state index contributed by atoms with van der Waals surface area (Å²) in [5, 5.41) is 12.1. The fourth-order valence-corrected chi connectivity index (χ4v) is 3.84. The highest BCUT2D eigenvalue weighted by Crippen LogP contribution is 2.27. The van der Waals surface area contributed by atoms with Crippen LogP contribution in [0.3, 0.4) is 0 Å². The van der Waals surface area contributed by atoms with E-state index >= 15 is 0 Å². The summed E-state index contributed by atoms with van der Waals surface area (Å²) in [6, 6.07) is 5.25. The van der Waals surface area contributed by atoms with Gasteiger partial charge in [0.05, 0.1) is 18.4 Å². The van der Waals surface area contributed by atoms with Crippen LogP contribution in [0.4, 0.5) is 4.39 Å². The molecule has 4 heterocycles. The number of nitrogens with zero attached hydrogens (tertiary/aromatic N) is 6. The van der Waals surface area contributed by atoms with E-state index in [9.17, 15) is 4.39 Å². The fourth-order valence-electron chi connectivity index (χ4n) is 3.84. The van der Waals surface area contributed by atoms with Crippen molar-refractivity contribution < 1.29 is 4.39 Å². The van der Waals surface area contributed by atoms with Crippen LogP contribution >= 0.6 is 12.4 Å². The number of aromatic nitrogens is 6. The largest absolute Gasteiger partial charge is 0.317 e. The summed E-state index contributed by atoms with van der Waals surface area (Å²) in [7, 11) is 1.83. The summed E-state index contributed by atoms with van der Waals surface area (Å²) in [5.74, 6) is 0.149. The number of aryl methyl sites for hydroxylation is 1. The zero-order chi connectivity index (χ0) is 20.5. The molecule has 0 amide bonds. The Kier molecular flexibility index (Phi) is 6.11. The monoisotopic (exact) mass is 439 g/mol. The van der Waals surface area contributed by atoms with E-state index in [1.54, 1.807) is 23.3 Å². The number of hydrogen-bond acceptors (Lipinski definition) is 5. The maximum absolute atomic E-state index is 14.2. The smallest absolute Gasteiger partial charge is 0.159 e. The molecule has 31 heavy (non-hydrogen) atoms. The Balaban J connectivity index is 0.00000231. The van der Waals surface area contributed by atoms with Crippen LogP contribution in [0.2, 0.25) is 0 Å². The normalized spacial score (nSPS) is 14.4. The standard InChI is InChI=1S/C22H22FN7.ClH/c1-29-13-18(11-27-29)15-6-16(8-20(23)7-15)22-25-9-17(10-26-22)19-12-28-30(14-19)21-2-4-24-5-3-21;/h6-14,21,24H,2-5H2,1H3;1H. The van der Waals surface area contributed by atoms with Crippen molar-refractivity contribution >= 4 is 12.4 Å². The van der Waals surface area contributed by atoms with Crippen molar-refractivity contribution in [2.75, 3.05) is 13.1 Å². The molecule has 1 aliphatic rings. The highest BCUT2D eigenvalue weighted by Gasteiger charge is 2.16. The maximum atomic E-state index is 14.2. The Morgan fingerprint density at radius 1 is 0.839 bits per heavy atom. The summed E-state index contributed by atoms with van der Waals surface area (Å²) < 4.78 is 18.0. The summed E-state index contributed by atoms with van der Waals surface area (Å²) >= 11 is 0. The van der Waals surface area contributed by atoms with Crippen LogP contribution in [-0.2, 0) is 7.05 Å². The van der Waals surface area contributed by atoms with E-state index in [4.69, 9.17) is 0 Å². The molecule has 0 bridgehead atoms. The second-order valence-electron chi connectivity index (χ2n) is 7.62. The molecule has 0 unspecified atom stereocenters. The molecule has 0 atom stereocenters. The molecule has 1 saturated heterocycles. The van der Waals surface area contributed by atoms with Crippen LogP contribution in [-0.4, -0.2) is 42.6 Å². The summed E-state index contributed by atoms with van der Waals surface area (Å²) in [6.45, 7) is 2.04. The van der Waals surface area contributed by atoms with Gasteiger partial charge in [0.15, 0.2) is 5.82 Å². The van der Waals surface area contributed by atoms with Gasteiger partial charge in [-0.3, -0.25) is 9.36 Å². The van der Waals surface area contributed by atoms with E-state index in [0.717, 1.165) is 48.2 Å². The number of rotatable bonds is 4. The van der Waals surface area contributed by atoms with Gasteiger partial charge in [-0.15, -0.1) is 12.4 Å². The quantitative estimate of drug-likeness (QED) is 0.522. The third-order valence-corrected chi connectivity index (χ3v) is 5.46. The predicted molar refractivity (Wildman–Crippen MR) is 119 cm³/mol. The van der Waals surface area contributed by atoms with Crippen molar-refractivity contribution in [3.8, 4) is 33.6 Å². The minimum atomic E-state index is -0.331. The second-order valence-corrected chi connectivity index (χ2v) is 7.62. The molecule has 0 saturated carbocycles. The highest BCUT2D eigenvalue weighted by atomic mass is 35.5. The van der Waals surface area contributed by atoms with Gasteiger partial charge in [-0.2, -0.15) is 10.2 Å². The highest BCUT2D eigenvalue weighted by molar-refractivity contribution is 5.85. The molecule has 9 heteroatoms. The molecule has 1 fully saturated rings. The number of piperidine rings is 1. The third kappa shape index (κ3) is 4.50. The van der Waals surface area contributed by atoms with Gasteiger partial charge in [-0.05, 0) is 49.7 Å². The van der Waals surface area contributed by atoms with Gasteiger partial charge in [-0.25, -0.2) is 14.4 Å². The van der Waals surface area contributed by atoms with Gasteiger partial charge in [0, 0.05) is 54.1 Å². The first-order valence-corrected chi connectivity index (χ1v) is 10.0. The number of benzene rings is 1. The molecule has 3 aromatic heterocycles. The molecular formula is C22H23ClFN7. The lowest BCUT2D eigenvalue weighted by atomic mass is 10.1. The second kappa shape index (κ2) is 8.95. The first kappa shape index (κ1) is 21.1. The number of nitrogens with one attached hydrogen (secondary N) is 1. The van der Waals surface area contributed by atoms with Crippen molar-refractivity contribution in [3.63, 3.8) is 0 Å². The van der Waals surface area contributed by atoms with E-state index in [2.05, 4.69) is 31.7 Å². The lowest BCUT2D eigenvalue weighted by Crippen LogP contribution is -2.29. The molecule has 1 aliphatic heterocycles. The summed E-state index contributed by atoms with van der Waals surface area (Å²) in [4.78, 5) is 8.97. The van der Waals surface area contributed by atoms with Crippen molar-refractivity contribution in [2.45, 2.75) is 18.9 Å². The van der Waals surface area contributed by atoms with E-state index in [1.807, 2.05) is 30.2 Å². The zero-order valence-electron chi connectivity index (χ0n) is 17.1. The molecule has 0 aliphatic carbocycles. The molecule has 5 rings (SSSR count). The Labute approximate surface area is 185 Å². The van der Waals surface area contributed by atoms with E-state index in [0.29, 0.717) is 17.4 Å². The molecular weight excluding hydrogens is 417 g/mol. The number of hydrogen-bond donors (Lipinski definition) is 1. The fraction of sp³-hybridized carbons (Fsp3) is 0.273. The SMILES string of the molecule is Cl.Cn1cc(-c2cc(F)cc(-c3ncc(-c4cnn(C5CCNCC5)c4)cn3)c2)cn1. The van der Waals surface area contributed by atoms with Gasteiger partial charge in [0.2, 0.25) is 0 Å². The molecule has 4 aromatic rings. The molecule has 0 radical (unpaired) electrons. The van der Waals surface area contributed by atoms with Gasteiger partial charge < -0.3 is 5.32 Å². The van der Waals surface area contributed by atoms with Gasteiger partial charge >= 0.3 is 0 Å². The molecule has 1 aromatic carbocycles. The first-order valence-electron chi connectivity index (χ1n) is 10.0. The van der Waals surface area contributed by atoms with Crippen molar-refractivity contribution in [1.82, 2.24) is 34.8 Å². The lowest BCUT2D eigenvalue weighted by Gasteiger charge is -2.22. The van der Waals surface area contributed by atoms with Crippen LogP contribution in [0.15, 0.2) is 55.4 Å². The minimum Gasteiger partial charge on any atom is -0.317 e. The Morgan fingerprint density at radius 3 is 2.23 bits per heavy atom. The van der Waals surface area contributed by atoms with Crippen molar-refractivity contribution in [3.05, 3.63) is 61.2 Å². The van der Waals surface area contributed by atoms with Crippen LogP contribution in [0, 0.1) is 5.82 Å². The molecule has 1 N–H and O–H groups in total. The third-order valence-electron chi connectivity index (χ3n) is 5.46. The van der Waals surface area contributed by atoms with Crippen LogP contribution in [0.25, 0.3) is 33.6 Å². The predicted octanol–water partition coefficient (Wildman–Crippen LogP) is 3.89. The van der Waals surface area contributed by atoms with Gasteiger partial charge in [0.1, 0.15) is 5.82 Å². The summed E-state index contributed by atoms with van der Waals surface area (Å²) in [5.41, 5.74) is 4.10. The summed E-state index contributed by atoms with van der Waals surface area (Å²) in [6.07, 6.45) is 13.2. The lowest BCUT2D eigenvalue weighted by molar-refractivity contribution is 0.343. The average molecular weight is 440 g/mol. The van der Waals surface area contributed by atoms with Crippen molar-refractivity contribution in [1.29, 1.82) is 0 Å². The molecule has 7 nitrogen and oxygen atoms in total. The maximum Gasteiger partial charge on any atom is 0.159 e. The van der Waals surface area contributed by atoms with Gasteiger partial charge in [0.25, 0.3) is 0 Å². The van der Waals surface area contributed by atoms with Crippen molar-refractivity contribution in [2.24, 2.45) is 7.05 Å². The van der Waals surface area contributed by atoms with E-state index in [-0.39, 0.29) is 18.2 Å². The average Bonchev–Trinajstić information content (AvgIpc) is 3.44. The van der Waals surface area contributed by atoms with E-state index in [1.165, 1.54) is 12.1 Å².